The van der Waals surface area contributed by atoms with Crippen molar-refractivity contribution in [1.29, 1.82) is 0 Å². The first kappa shape index (κ1) is 64.6. The number of ether oxygens (including phenoxy) is 1. The lowest BCUT2D eigenvalue weighted by atomic mass is 10.0. The summed E-state index contributed by atoms with van der Waals surface area (Å²) in [5.74, 6) is -0.108. The van der Waals surface area contributed by atoms with Crippen molar-refractivity contribution in [2.24, 2.45) is 0 Å². The second-order valence-electron chi connectivity index (χ2n) is 19.6. The van der Waals surface area contributed by atoms with Gasteiger partial charge >= 0.3 is 5.97 Å². The lowest BCUT2D eigenvalue weighted by Gasteiger charge is -2.20. The van der Waals surface area contributed by atoms with Crippen LogP contribution >= 0.6 is 0 Å². The molecule has 0 aromatic rings. The van der Waals surface area contributed by atoms with Crippen molar-refractivity contribution in [1.82, 2.24) is 5.32 Å². The summed E-state index contributed by atoms with van der Waals surface area (Å²) in [6.45, 7) is 4.79. The van der Waals surface area contributed by atoms with Crippen LogP contribution in [0.2, 0.25) is 0 Å². The first-order chi connectivity index (χ1) is 33.0. The third kappa shape index (κ3) is 52.8. The summed E-state index contributed by atoms with van der Waals surface area (Å²) >= 11 is 0. The smallest absolute Gasteiger partial charge is 0.305 e. The van der Waals surface area contributed by atoms with Crippen LogP contribution < -0.4 is 5.32 Å². The van der Waals surface area contributed by atoms with Crippen molar-refractivity contribution in [3.63, 3.8) is 0 Å². The van der Waals surface area contributed by atoms with E-state index in [1.54, 1.807) is 6.08 Å². The van der Waals surface area contributed by atoms with E-state index in [1.165, 1.54) is 173 Å². The van der Waals surface area contributed by atoms with Gasteiger partial charge in [-0.15, -0.1) is 0 Å². The van der Waals surface area contributed by atoms with Crippen LogP contribution in [0.15, 0.2) is 60.8 Å². The van der Waals surface area contributed by atoms with Crippen molar-refractivity contribution < 1.29 is 24.5 Å². The number of amides is 1. The number of allylic oxidation sites excluding steroid dienone is 9. The number of unbranched alkanes of at least 4 members (excludes halogenated alkanes) is 35. The highest BCUT2D eigenvalue weighted by atomic mass is 16.5. The van der Waals surface area contributed by atoms with Gasteiger partial charge in [-0.3, -0.25) is 9.59 Å². The van der Waals surface area contributed by atoms with Crippen LogP contribution in [-0.2, 0) is 14.3 Å². The van der Waals surface area contributed by atoms with Crippen LogP contribution in [-0.4, -0.2) is 47.4 Å². The van der Waals surface area contributed by atoms with Gasteiger partial charge in [-0.2, -0.15) is 0 Å². The molecule has 6 heteroatoms. The SMILES string of the molecule is CCC/C=C\C/C=C\CCCCCCCC(=O)OCCCCC/C=C\C=C/CCCCCCCCCCCCC(=O)NC(CO)C(O)/C=C/CCCCCCCCCCCCCCCCCC. The van der Waals surface area contributed by atoms with Crippen molar-refractivity contribution in [2.75, 3.05) is 13.2 Å². The van der Waals surface area contributed by atoms with Crippen LogP contribution in [0.4, 0.5) is 0 Å². The number of carbonyl (C=O) groups is 2. The number of esters is 1. The van der Waals surface area contributed by atoms with Crippen LogP contribution in [0.1, 0.15) is 290 Å². The highest BCUT2D eigenvalue weighted by Crippen LogP contribution is 2.16. The zero-order valence-corrected chi connectivity index (χ0v) is 44.4. The van der Waals surface area contributed by atoms with Gasteiger partial charge in [-0.25, -0.2) is 0 Å². The number of aliphatic hydroxyl groups excluding tert-OH is 2. The summed E-state index contributed by atoms with van der Waals surface area (Å²) in [5, 5.41) is 23.1. The van der Waals surface area contributed by atoms with Crippen molar-refractivity contribution in [3.05, 3.63) is 60.8 Å². The quantitative estimate of drug-likeness (QED) is 0.0244. The van der Waals surface area contributed by atoms with Crippen LogP contribution in [0.25, 0.3) is 0 Å². The Kier molecular flexibility index (Phi) is 54.1. The van der Waals surface area contributed by atoms with E-state index in [2.05, 4.69) is 67.8 Å². The minimum absolute atomic E-state index is 0.0302. The molecule has 0 saturated heterocycles. The van der Waals surface area contributed by atoms with Gasteiger partial charge in [0.2, 0.25) is 5.91 Å². The third-order valence-electron chi connectivity index (χ3n) is 13.0. The maximum atomic E-state index is 12.5. The molecule has 0 aliphatic rings. The van der Waals surface area contributed by atoms with Gasteiger partial charge in [0.05, 0.1) is 25.4 Å². The molecule has 0 aliphatic heterocycles. The number of hydrogen-bond donors (Lipinski definition) is 3. The number of rotatable bonds is 53. The van der Waals surface area contributed by atoms with Crippen molar-refractivity contribution in [3.8, 4) is 0 Å². The lowest BCUT2D eigenvalue weighted by molar-refractivity contribution is -0.143. The predicted octanol–water partition coefficient (Wildman–Crippen LogP) is 18.0. The molecule has 0 saturated carbocycles. The standard InChI is InChI=1S/C61H111NO5/c1-3-5-7-9-11-13-15-17-18-19-23-26-30-33-37-41-45-49-53-59(64)58(57-63)62-60(65)54-50-46-42-38-34-31-27-24-21-20-22-25-28-32-36-40-44-48-52-56-67-61(66)55-51-47-43-39-35-29-16-14-12-10-8-6-4-2/h8,10,14,16,25,28,32,36,49,53,58-59,63-64H,3-7,9,11-13,15,17-24,26-27,29-31,33-35,37-48,50-52,54-57H2,1-2H3,(H,62,65)/b10-8-,16-14-,28-25-,36-32-,53-49+. The zero-order valence-electron chi connectivity index (χ0n) is 44.4. The fourth-order valence-electron chi connectivity index (χ4n) is 8.54. The molecule has 3 N–H and O–H groups in total. The Balaban J connectivity index is 3.53. The van der Waals surface area contributed by atoms with E-state index in [-0.39, 0.29) is 18.5 Å². The largest absolute Gasteiger partial charge is 0.466 e. The zero-order chi connectivity index (χ0) is 48.6. The summed E-state index contributed by atoms with van der Waals surface area (Å²) in [6.07, 6.45) is 72.4. The Labute approximate surface area is 416 Å². The average molecular weight is 939 g/mol. The van der Waals surface area contributed by atoms with Crippen LogP contribution in [0, 0.1) is 0 Å². The first-order valence-corrected chi connectivity index (χ1v) is 29.1. The van der Waals surface area contributed by atoms with Gasteiger partial charge in [0, 0.05) is 12.8 Å². The van der Waals surface area contributed by atoms with E-state index in [1.807, 2.05) is 6.08 Å². The molecule has 0 aromatic heterocycles. The predicted molar refractivity (Wildman–Crippen MR) is 292 cm³/mol. The molecule has 67 heavy (non-hydrogen) atoms. The van der Waals surface area contributed by atoms with Gasteiger partial charge < -0.3 is 20.3 Å². The average Bonchev–Trinajstić information content (AvgIpc) is 3.33. The first-order valence-electron chi connectivity index (χ1n) is 29.1. The van der Waals surface area contributed by atoms with Gasteiger partial charge in [-0.05, 0) is 89.9 Å². The van der Waals surface area contributed by atoms with Gasteiger partial charge in [0.15, 0.2) is 0 Å². The molecular weight excluding hydrogens is 827 g/mol. The Hall–Kier alpha value is -2.44. The molecule has 390 valence electrons. The monoisotopic (exact) mass is 938 g/mol. The molecule has 0 bridgehead atoms. The third-order valence-corrected chi connectivity index (χ3v) is 13.0. The highest BCUT2D eigenvalue weighted by molar-refractivity contribution is 5.76. The number of carbonyl (C=O) groups excluding carboxylic acids is 2. The molecule has 6 nitrogen and oxygen atoms in total. The fourth-order valence-corrected chi connectivity index (χ4v) is 8.54. The maximum absolute atomic E-state index is 12.5. The second kappa shape index (κ2) is 56.2. The summed E-state index contributed by atoms with van der Waals surface area (Å²) in [4.78, 5) is 24.5. The molecule has 0 fully saturated rings. The summed E-state index contributed by atoms with van der Waals surface area (Å²) in [5.41, 5.74) is 0. The Morgan fingerprint density at radius 2 is 0.821 bits per heavy atom. The van der Waals surface area contributed by atoms with Gasteiger partial charge in [0.1, 0.15) is 0 Å². The van der Waals surface area contributed by atoms with Gasteiger partial charge in [0.25, 0.3) is 0 Å². The molecular formula is C61H111NO5. The van der Waals surface area contributed by atoms with E-state index < -0.39 is 12.1 Å². The van der Waals surface area contributed by atoms with E-state index in [4.69, 9.17) is 4.74 Å². The van der Waals surface area contributed by atoms with Gasteiger partial charge in [-0.1, -0.05) is 248 Å². The molecule has 0 radical (unpaired) electrons. The normalized spacial score (nSPS) is 13.1. The maximum Gasteiger partial charge on any atom is 0.305 e. The second-order valence-corrected chi connectivity index (χ2v) is 19.6. The summed E-state index contributed by atoms with van der Waals surface area (Å²) in [6, 6.07) is -0.637. The summed E-state index contributed by atoms with van der Waals surface area (Å²) < 4.78 is 5.43. The number of nitrogens with one attached hydrogen (secondary N) is 1. The molecule has 1 amide bonds. The lowest BCUT2D eigenvalue weighted by Crippen LogP contribution is -2.45. The molecule has 2 atom stereocenters. The van der Waals surface area contributed by atoms with Crippen molar-refractivity contribution >= 4 is 11.9 Å². The Morgan fingerprint density at radius 3 is 1.28 bits per heavy atom. The molecule has 0 heterocycles. The highest BCUT2D eigenvalue weighted by Gasteiger charge is 2.18. The van der Waals surface area contributed by atoms with E-state index in [0.29, 0.717) is 19.4 Å². The summed E-state index contributed by atoms with van der Waals surface area (Å²) in [7, 11) is 0. The molecule has 0 aromatic carbocycles. The van der Waals surface area contributed by atoms with E-state index >= 15 is 0 Å². The number of aliphatic hydroxyl groups is 2. The van der Waals surface area contributed by atoms with E-state index in [9.17, 15) is 19.8 Å². The Morgan fingerprint density at radius 1 is 0.433 bits per heavy atom. The van der Waals surface area contributed by atoms with Crippen molar-refractivity contribution in [2.45, 2.75) is 302 Å². The van der Waals surface area contributed by atoms with Crippen LogP contribution in [0.5, 0.6) is 0 Å². The molecule has 0 aliphatic carbocycles. The molecule has 2 unspecified atom stereocenters. The Bertz CT molecular complexity index is 1170. The number of hydrogen-bond acceptors (Lipinski definition) is 5. The topological polar surface area (TPSA) is 95.9 Å². The minimum atomic E-state index is -0.853. The fraction of sp³-hybridized carbons (Fsp3) is 0.803. The van der Waals surface area contributed by atoms with Crippen LogP contribution in [0.3, 0.4) is 0 Å². The van der Waals surface area contributed by atoms with E-state index in [0.717, 1.165) is 89.9 Å². The molecule has 0 rings (SSSR count). The minimum Gasteiger partial charge on any atom is -0.466 e. The molecule has 0 spiro atoms.